The fraction of sp³-hybridized carbons (Fsp3) is 0.364. The zero-order valence-electron chi connectivity index (χ0n) is 8.93. The number of rotatable bonds is 2. The molecule has 2 rings (SSSR count). The first-order chi connectivity index (χ1) is 7.61. The molecule has 0 aliphatic carbocycles. The van der Waals surface area contributed by atoms with Gasteiger partial charge in [-0.2, -0.15) is 0 Å². The van der Waals surface area contributed by atoms with Crippen LogP contribution < -0.4 is 15.8 Å². The molecule has 0 aromatic heterocycles. The van der Waals surface area contributed by atoms with Crippen molar-refractivity contribution < 1.29 is 14.6 Å². The molecule has 0 saturated carbocycles. The number of ether oxygens (including phenoxy) is 1. The predicted molar refractivity (Wildman–Crippen MR) is 59.2 cm³/mol. The number of aliphatic hydroxyl groups excluding tert-OH is 1. The van der Waals surface area contributed by atoms with Gasteiger partial charge >= 0.3 is 0 Å². The number of aliphatic hydroxyl groups is 1. The summed E-state index contributed by atoms with van der Waals surface area (Å²) < 4.78 is 5.39. The molecule has 2 atom stereocenters. The molecule has 1 amide bonds. The highest BCUT2D eigenvalue weighted by Crippen LogP contribution is 2.31. The van der Waals surface area contributed by atoms with E-state index >= 15 is 0 Å². The van der Waals surface area contributed by atoms with Crippen LogP contribution in [-0.4, -0.2) is 23.7 Å². The highest BCUT2D eigenvalue weighted by molar-refractivity contribution is 5.97. The van der Waals surface area contributed by atoms with Crippen molar-refractivity contribution in [1.29, 1.82) is 0 Å². The fourth-order valence-corrected chi connectivity index (χ4v) is 1.57. The third-order valence-electron chi connectivity index (χ3n) is 2.54. The number of anilines is 1. The van der Waals surface area contributed by atoms with Gasteiger partial charge in [0.15, 0.2) is 6.10 Å². The predicted octanol–water partition coefficient (Wildman–Crippen LogP) is 0.398. The van der Waals surface area contributed by atoms with Gasteiger partial charge in [0.2, 0.25) is 0 Å². The first kappa shape index (κ1) is 10.9. The zero-order chi connectivity index (χ0) is 11.7. The Balaban J connectivity index is 2.32. The molecular formula is C11H14N2O3. The van der Waals surface area contributed by atoms with Gasteiger partial charge in [0.25, 0.3) is 5.91 Å². The van der Waals surface area contributed by atoms with E-state index in [1.54, 1.807) is 25.1 Å². The second kappa shape index (κ2) is 4.11. The van der Waals surface area contributed by atoms with Crippen LogP contribution in [0.15, 0.2) is 18.2 Å². The molecular weight excluding hydrogens is 208 g/mol. The van der Waals surface area contributed by atoms with Crippen molar-refractivity contribution in [3.8, 4) is 5.75 Å². The van der Waals surface area contributed by atoms with Crippen LogP contribution >= 0.6 is 0 Å². The maximum Gasteiger partial charge on any atom is 0.265 e. The van der Waals surface area contributed by atoms with E-state index in [-0.39, 0.29) is 12.5 Å². The largest absolute Gasteiger partial charge is 0.479 e. The maximum atomic E-state index is 11.4. The lowest BCUT2D eigenvalue weighted by molar-refractivity contribution is -0.122. The van der Waals surface area contributed by atoms with Gasteiger partial charge < -0.3 is 20.9 Å². The Labute approximate surface area is 93.2 Å². The van der Waals surface area contributed by atoms with Crippen molar-refractivity contribution in [3.05, 3.63) is 23.8 Å². The standard InChI is InChI=1S/C11H14N2O3/c1-6-11(15)13-8-4-7(9(14)5-12)2-3-10(8)16-6/h2-4,6,9,14H,5,12H2,1H3,(H,13,15). The zero-order valence-corrected chi connectivity index (χ0v) is 8.93. The molecule has 1 aliphatic heterocycles. The number of carbonyl (C=O) groups excluding carboxylic acids is 1. The van der Waals surface area contributed by atoms with Gasteiger partial charge in [-0.05, 0) is 24.6 Å². The second-order valence-electron chi connectivity index (χ2n) is 3.76. The SMILES string of the molecule is CC1Oc2ccc(C(O)CN)cc2NC1=O. The molecule has 0 bridgehead atoms. The van der Waals surface area contributed by atoms with Crippen LogP contribution in [0.25, 0.3) is 0 Å². The summed E-state index contributed by atoms with van der Waals surface area (Å²) in [5.41, 5.74) is 6.60. The number of nitrogens with one attached hydrogen (secondary N) is 1. The van der Waals surface area contributed by atoms with Crippen LogP contribution in [0.1, 0.15) is 18.6 Å². The third kappa shape index (κ3) is 1.87. The molecule has 2 unspecified atom stereocenters. The minimum Gasteiger partial charge on any atom is -0.479 e. The smallest absolute Gasteiger partial charge is 0.265 e. The number of benzene rings is 1. The molecule has 5 nitrogen and oxygen atoms in total. The van der Waals surface area contributed by atoms with E-state index in [9.17, 15) is 9.90 Å². The van der Waals surface area contributed by atoms with Crippen molar-refractivity contribution in [3.63, 3.8) is 0 Å². The molecule has 0 saturated heterocycles. The van der Waals surface area contributed by atoms with Gasteiger partial charge in [-0.15, -0.1) is 0 Å². The Kier molecular flexibility index (Phi) is 2.80. The number of hydrogen-bond acceptors (Lipinski definition) is 4. The van der Waals surface area contributed by atoms with Crippen LogP contribution in [0.3, 0.4) is 0 Å². The second-order valence-corrected chi connectivity index (χ2v) is 3.76. The average Bonchev–Trinajstić information content (AvgIpc) is 2.29. The highest BCUT2D eigenvalue weighted by atomic mass is 16.5. The number of hydrogen-bond donors (Lipinski definition) is 3. The molecule has 0 fully saturated rings. The van der Waals surface area contributed by atoms with Crippen molar-refractivity contribution in [2.24, 2.45) is 5.73 Å². The third-order valence-corrected chi connectivity index (χ3v) is 2.54. The normalized spacial score (nSPS) is 20.7. The Bertz CT molecular complexity index is 420. The molecule has 1 aromatic rings. The minimum absolute atomic E-state index is 0.143. The Morgan fingerprint density at radius 3 is 3.06 bits per heavy atom. The molecule has 0 spiro atoms. The highest BCUT2D eigenvalue weighted by Gasteiger charge is 2.23. The minimum atomic E-state index is -0.721. The summed E-state index contributed by atoms with van der Waals surface area (Å²) in [6.45, 7) is 1.82. The van der Waals surface area contributed by atoms with Gasteiger partial charge in [0.1, 0.15) is 5.75 Å². The summed E-state index contributed by atoms with van der Waals surface area (Å²) >= 11 is 0. The van der Waals surface area contributed by atoms with E-state index in [1.165, 1.54) is 0 Å². The quantitative estimate of drug-likeness (QED) is 0.676. The van der Waals surface area contributed by atoms with Crippen LogP contribution in [0.4, 0.5) is 5.69 Å². The van der Waals surface area contributed by atoms with Crippen LogP contribution in [0.2, 0.25) is 0 Å². The average molecular weight is 222 g/mol. The van der Waals surface area contributed by atoms with E-state index in [2.05, 4.69) is 5.32 Å². The Morgan fingerprint density at radius 1 is 1.62 bits per heavy atom. The van der Waals surface area contributed by atoms with Crippen LogP contribution in [-0.2, 0) is 4.79 Å². The molecule has 0 radical (unpaired) electrons. The van der Waals surface area contributed by atoms with E-state index in [0.717, 1.165) is 0 Å². The topological polar surface area (TPSA) is 84.6 Å². The van der Waals surface area contributed by atoms with Gasteiger partial charge in [-0.3, -0.25) is 4.79 Å². The van der Waals surface area contributed by atoms with E-state index in [0.29, 0.717) is 17.0 Å². The molecule has 4 N–H and O–H groups in total. The van der Waals surface area contributed by atoms with Gasteiger partial charge in [0.05, 0.1) is 11.8 Å². The lowest BCUT2D eigenvalue weighted by Gasteiger charge is -2.24. The Hall–Kier alpha value is -1.59. The van der Waals surface area contributed by atoms with Crippen molar-refractivity contribution in [1.82, 2.24) is 0 Å². The number of nitrogens with two attached hydrogens (primary N) is 1. The first-order valence-corrected chi connectivity index (χ1v) is 5.11. The van der Waals surface area contributed by atoms with E-state index in [4.69, 9.17) is 10.5 Å². The number of carbonyl (C=O) groups is 1. The van der Waals surface area contributed by atoms with Crippen LogP contribution in [0, 0.1) is 0 Å². The molecule has 1 heterocycles. The monoisotopic (exact) mass is 222 g/mol. The summed E-state index contributed by atoms with van der Waals surface area (Å²) in [7, 11) is 0. The fourth-order valence-electron chi connectivity index (χ4n) is 1.57. The summed E-state index contributed by atoms with van der Waals surface area (Å²) in [5, 5.41) is 12.3. The number of fused-ring (bicyclic) bond motifs is 1. The van der Waals surface area contributed by atoms with Crippen molar-refractivity contribution >= 4 is 11.6 Å². The summed E-state index contributed by atoms with van der Waals surface area (Å²) in [4.78, 5) is 11.4. The number of amides is 1. The van der Waals surface area contributed by atoms with Gasteiger partial charge in [0, 0.05) is 6.54 Å². The van der Waals surface area contributed by atoms with Gasteiger partial charge in [-0.25, -0.2) is 0 Å². The summed E-state index contributed by atoms with van der Waals surface area (Å²) in [6, 6.07) is 5.14. The lowest BCUT2D eigenvalue weighted by atomic mass is 10.1. The van der Waals surface area contributed by atoms with Crippen molar-refractivity contribution in [2.75, 3.05) is 11.9 Å². The van der Waals surface area contributed by atoms with Crippen molar-refractivity contribution in [2.45, 2.75) is 19.1 Å². The lowest BCUT2D eigenvalue weighted by Crippen LogP contribution is -2.34. The molecule has 86 valence electrons. The van der Waals surface area contributed by atoms with E-state index in [1.807, 2.05) is 0 Å². The molecule has 5 heteroatoms. The maximum absolute atomic E-state index is 11.4. The van der Waals surface area contributed by atoms with Gasteiger partial charge in [-0.1, -0.05) is 6.07 Å². The summed E-state index contributed by atoms with van der Waals surface area (Å²) in [6.07, 6.45) is -1.21. The molecule has 1 aromatic carbocycles. The van der Waals surface area contributed by atoms with Crippen LogP contribution in [0.5, 0.6) is 5.75 Å². The van der Waals surface area contributed by atoms with E-state index < -0.39 is 12.2 Å². The summed E-state index contributed by atoms with van der Waals surface area (Å²) in [5.74, 6) is 0.423. The Morgan fingerprint density at radius 2 is 2.38 bits per heavy atom. The molecule has 1 aliphatic rings. The first-order valence-electron chi connectivity index (χ1n) is 5.11. The molecule has 16 heavy (non-hydrogen) atoms.